The van der Waals surface area contributed by atoms with Crippen molar-refractivity contribution in [3.63, 3.8) is 0 Å². The standard InChI is InChI=1S/C18H13BrF2O2S/c1-22-10-3-5-12(15(20)7-10)17-9-14(19)18(24-17)13-6-4-11(23-2)8-16(13)21/h3-9H,1-2H3. The third kappa shape index (κ3) is 3.16. The van der Waals surface area contributed by atoms with Crippen LogP contribution >= 0.6 is 27.3 Å². The van der Waals surface area contributed by atoms with E-state index in [0.29, 0.717) is 36.9 Å². The van der Waals surface area contributed by atoms with Crippen LogP contribution in [0.15, 0.2) is 46.9 Å². The van der Waals surface area contributed by atoms with Gasteiger partial charge in [0.25, 0.3) is 0 Å². The Kier molecular flexibility index (Phi) is 4.87. The molecule has 3 aromatic rings. The van der Waals surface area contributed by atoms with Crippen molar-refractivity contribution in [2.45, 2.75) is 0 Å². The molecule has 0 N–H and O–H groups in total. The van der Waals surface area contributed by atoms with Gasteiger partial charge in [-0.3, -0.25) is 0 Å². The smallest absolute Gasteiger partial charge is 0.135 e. The molecule has 0 aliphatic rings. The predicted molar refractivity (Wildman–Crippen MR) is 95.9 cm³/mol. The number of thiophene rings is 1. The Bertz CT molecular complexity index is 893. The summed E-state index contributed by atoms with van der Waals surface area (Å²) in [7, 11) is 2.97. The fourth-order valence-corrected chi connectivity index (χ4v) is 4.26. The van der Waals surface area contributed by atoms with Crippen LogP contribution in [0, 0.1) is 11.6 Å². The number of hydrogen-bond donors (Lipinski definition) is 0. The van der Waals surface area contributed by atoms with Crippen LogP contribution < -0.4 is 9.47 Å². The van der Waals surface area contributed by atoms with Crippen LogP contribution in [0.25, 0.3) is 20.9 Å². The van der Waals surface area contributed by atoms with Crippen LogP contribution in [0.2, 0.25) is 0 Å². The van der Waals surface area contributed by atoms with Gasteiger partial charge in [0.1, 0.15) is 23.1 Å². The minimum absolute atomic E-state index is 0.384. The van der Waals surface area contributed by atoms with Crippen molar-refractivity contribution >= 4 is 27.3 Å². The molecule has 0 aliphatic carbocycles. The molecule has 2 nitrogen and oxygen atoms in total. The van der Waals surface area contributed by atoms with Crippen molar-refractivity contribution in [2.75, 3.05) is 14.2 Å². The van der Waals surface area contributed by atoms with Gasteiger partial charge >= 0.3 is 0 Å². The van der Waals surface area contributed by atoms with Gasteiger partial charge < -0.3 is 9.47 Å². The molecule has 2 aromatic carbocycles. The van der Waals surface area contributed by atoms with Gasteiger partial charge in [-0.2, -0.15) is 0 Å². The normalized spacial score (nSPS) is 10.7. The molecule has 0 unspecified atom stereocenters. The summed E-state index contributed by atoms with van der Waals surface area (Å²) >= 11 is 4.75. The predicted octanol–water partition coefficient (Wildman–Crippen LogP) is 6.14. The van der Waals surface area contributed by atoms with E-state index in [1.807, 2.05) is 0 Å². The third-order valence-electron chi connectivity index (χ3n) is 3.55. The summed E-state index contributed by atoms with van der Waals surface area (Å²) in [6, 6.07) is 11.1. The zero-order valence-electron chi connectivity index (χ0n) is 12.9. The molecule has 0 bridgehead atoms. The minimum Gasteiger partial charge on any atom is -0.497 e. The Hall–Kier alpha value is -1.92. The first-order chi connectivity index (χ1) is 11.5. The highest BCUT2D eigenvalue weighted by molar-refractivity contribution is 9.10. The molecule has 124 valence electrons. The molecular weight excluding hydrogens is 398 g/mol. The van der Waals surface area contributed by atoms with Crippen molar-refractivity contribution in [1.29, 1.82) is 0 Å². The lowest BCUT2D eigenvalue weighted by molar-refractivity contribution is 0.411. The zero-order valence-corrected chi connectivity index (χ0v) is 15.3. The van der Waals surface area contributed by atoms with E-state index in [-0.39, 0.29) is 5.82 Å². The first-order valence-electron chi connectivity index (χ1n) is 7.00. The molecule has 0 spiro atoms. The molecule has 0 fully saturated rings. The largest absolute Gasteiger partial charge is 0.497 e. The van der Waals surface area contributed by atoms with E-state index in [9.17, 15) is 8.78 Å². The average Bonchev–Trinajstić information content (AvgIpc) is 2.95. The second-order valence-electron chi connectivity index (χ2n) is 4.98. The number of ether oxygens (including phenoxy) is 2. The van der Waals surface area contributed by atoms with Gasteiger partial charge in [0.05, 0.1) is 19.1 Å². The molecule has 6 heteroatoms. The van der Waals surface area contributed by atoms with Crippen LogP contribution in [0.1, 0.15) is 0 Å². The van der Waals surface area contributed by atoms with Crippen molar-refractivity contribution in [3.05, 3.63) is 58.6 Å². The Balaban J connectivity index is 2.05. The van der Waals surface area contributed by atoms with Crippen LogP contribution in [-0.4, -0.2) is 14.2 Å². The van der Waals surface area contributed by atoms with Gasteiger partial charge in [-0.25, -0.2) is 8.78 Å². The first-order valence-corrected chi connectivity index (χ1v) is 8.61. The zero-order chi connectivity index (χ0) is 17.3. The number of rotatable bonds is 4. The van der Waals surface area contributed by atoms with E-state index in [2.05, 4.69) is 15.9 Å². The summed E-state index contributed by atoms with van der Waals surface area (Å²) in [5, 5.41) is 0. The lowest BCUT2D eigenvalue weighted by Gasteiger charge is -2.05. The summed E-state index contributed by atoms with van der Waals surface area (Å²) in [5.74, 6) is 0.127. The van der Waals surface area contributed by atoms with Crippen molar-refractivity contribution in [3.8, 4) is 32.4 Å². The molecule has 0 saturated carbocycles. The summed E-state index contributed by atoms with van der Waals surface area (Å²) in [5.41, 5.74) is 0.884. The van der Waals surface area contributed by atoms with E-state index >= 15 is 0 Å². The van der Waals surface area contributed by atoms with Crippen LogP contribution in [0.4, 0.5) is 8.78 Å². The van der Waals surface area contributed by atoms with E-state index in [0.717, 1.165) is 0 Å². The first kappa shape index (κ1) is 16.9. The average molecular weight is 411 g/mol. The molecule has 0 saturated heterocycles. The number of halogens is 3. The highest BCUT2D eigenvalue weighted by Crippen LogP contribution is 2.43. The van der Waals surface area contributed by atoms with Crippen molar-refractivity contribution < 1.29 is 18.3 Å². The fraction of sp³-hybridized carbons (Fsp3) is 0.111. The molecule has 1 aromatic heterocycles. The quantitative estimate of drug-likeness (QED) is 0.514. The van der Waals surface area contributed by atoms with E-state index < -0.39 is 5.82 Å². The monoisotopic (exact) mass is 410 g/mol. The van der Waals surface area contributed by atoms with Gasteiger partial charge in [0.2, 0.25) is 0 Å². The Labute approximate surface area is 150 Å². The molecule has 0 aliphatic heterocycles. The van der Waals surface area contributed by atoms with Gasteiger partial charge in [-0.15, -0.1) is 11.3 Å². The SMILES string of the molecule is COc1ccc(-c2cc(Br)c(-c3ccc(OC)cc3F)s2)c(F)c1. The van der Waals surface area contributed by atoms with Crippen molar-refractivity contribution in [1.82, 2.24) is 0 Å². The van der Waals surface area contributed by atoms with Gasteiger partial charge in [0.15, 0.2) is 0 Å². The topological polar surface area (TPSA) is 18.5 Å². The summed E-state index contributed by atoms with van der Waals surface area (Å²) in [6.07, 6.45) is 0. The second kappa shape index (κ2) is 6.91. The van der Waals surface area contributed by atoms with Gasteiger partial charge in [-0.05, 0) is 46.3 Å². The molecule has 0 atom stereocenters. The molecule has 0 radical (unpaired) electrons. The molecule has 1 heterocycles. The number of hydrogen-bond acceptors (Lipinski definition) is 3. The lowest BCUT2D eigenvalue weighted by atomic mass is 10.1. The maximum Gasteiger partial charge on any atom is 0.135 e. The second-order valence-corrected chi connectivity index (χ2v) is 6.89. The highest BCUT2D eigenvalue weighted by Gasteiger charge is 2.17. The highest BCUT2D eigenvalue weighted by atomic mass is 79.9. The third-order valence-corrected chi connectivity index (χ3v) is 5.64. The maximum absolute atomic E-state index is 14.3. The molecule has 24 heavy (non-hydrogen) atoms. The van der Waals surface area contributed by atoms with E-state index in [1.165, 1.54) is 37.7 Å². The van der Waals surface area contributed by atoms with Crippen molar-refractivity contribution in [2.24, 2.45) is 0 Å². The number of methoxy groups -OCH3 is 2. The molecule has 0 amide bonds. The Morgan fingerprint density at radius 2 is 1.38 bits per heavy atom. The summed E-state index contributed by atoms with van der Waals surface area (Å²) in [6.45, 7) is 0. The van der Waals surface area contributed by atoms with Gasteiger partial charge in [0, 0.05) is 32.6 Å². The lowest BCUT2D eigenvalue weighted by Crippen LogP contribution is -1.87. The molecular formula is C18H13BrF2O2S. The Morgan fingerprint density at radius 3 is 1.88 bits per heavy atom. The van der Waals surface area contributed by atoms with E-state index in [1.54, 1.807) is 30.3 Å². The maximum atomic E-state index is 14.3. The number of benzene rings is 2. The summed E-state index contributed by atoms with van der Waals surface area (Å²) in [4.78, 5) is 1.40. The minimum atomic E-state index is -0.390. The van der Waals surface area contributed by atoms with Crippen LogP contribution in [0.3, 0.4) is 0 Å². The van der Waals surface area contributed by atoms with Crippen LogP contribution in [-0.2, 0) is 0 Å². The van der Waals surface area contributed by atoms with Crippen LogP contribution in [0.5, 0.6) is 11.5 Å². The summed E-state index contributed by atoms with van der Waals surface area (Å²) < 4.78 is 39.3. The Morgan fingerprint density at radius 1 is 0.833 bits per heavy atom. The van der Waals surface area contributed by atoms with E-state index in [4.69, 9.17) is 9.47 Å². The fourth-order valence-electron chi connectivity index (χ4n) is 2.31. The van der Waals surface area contributed by atoms with Gasteiger partial charge in [-0.1, -0.05) is 0 Å². The molecule has 3 rings (SSSR count).